The summed E-state index contributed by atoms with van der Waals surface area (Å²) >= 11 is 1.51. The molecule has 9 nitrogen and oxygen atoms in total. The average molecular weight is 528 g/mol. The predicted molar refractivity (Wildman–Crippen MR) is 132 cm³/mol. The lowest BCUT2D eigenvalue weighted by atomic mass is 9.98. The lowest BCUT2D eigenvalue weighted by Crippen LogP contribution is -2.33. The SMILES string of the molecule is Cc1nc(C2CCN(C)CC2)sc1Nc1ncc(C(F)(F)F)c(NCCCN2CCOCCC2=O)n1. The van der Waals surface area contributed by atoms with Crippen molar-refractivity contribution in [3.8, 4) is 0 Å². The standard InChI is InChI=1S/C23H32F3N7O2S/c1-15-20(36-21(29-15)16-4-9-32(2)10-5-16)31-22-28-14-17(23(24,25)26)19(30-22)27-7-3-8-33-11-13-35-12-6-18(33)34/h14,16H,3-13H2,1-2H3,(H2,27,28,30,31). The summed E-state index contributed by atoms with van der Waals surface area (Å²) < 4.78 is 46.1. The summed E-state index contributed by atoms with van der Waals surface area (Å²) in [6.45, 7) is 5.92. The number of anilines is 3. The second-order valence-electron chi connectivity index (χ2n) is 9.15. The minimum Gasteiger partial charge on any atom is -0.379 e. The van der Waals surface area contributed by atoms with Crippen LogP contribution >= 0.6 is 11.3 Å². The molecule has 198 valence electrons. The molecule has 0 aromatic carbocycles. The van der Waals surface area contributed by atoms with Gasteiger partial charge in [-0.15, -0.1) is 11.3 Å². The maximum absolute atomic E-state index is 13.6. The first-order valence-electron chi connectivity index (χ1n) is 12.2. The smallest absolute Gasteiger partial charge is 0.379 e. The van der Waals surface area contributed by atoms with Gasteiger partial charge < -0.3 is 25.2 Å². The Morgan fingerprint density at radius 1 is 1.19 bits per heavy atom. The number of carbonyl (C=O) groups is 1. The summed E-state index contributed by atoms with van der Waals surface area (Å²) in [7, 11) is 2.10. The van der Waals surface area contributed by atoms with Gasteiger partial charge in [0.2, 0.25) is 11.9 Å². The number of nitrogens with zero attached hydrogens (tertiary/aromatic N) is 5. The molecule has 2 aliphatic heterocycles. The molecule has 2 fully saturated rings. The number of carbonyl (C=O) groups excluding carboxylic acids is 1. The Morgan fingerprint density at radius 2 is 1.97 bits per heavy atom. The second kappa shape index (κ2) is 11.7. The van der Waals surface area contributed by atoms with Crippen LogP contribution < -0.4 is 10.6 Å². The van der Waals surface area contributed by atoms with Gasteiger partial charge in [-0.1, -0.05) is 0 Å². The van der Waals surface area contributed by atoms with E-state index in [4.69, 9.17) is 9.72 Å². The normalized spacial score (nSPS) is 18.4. The van der Waals surface area contributed by atoms with Crippen LogP contribution in [-0.4, -0.2) is 83.6 Å². The maximum Gasteiger partial charge on any atom is 0.421 e. The van der Waals surface area contributed by atoms with Crippen molar-refractivity contribution in [1.82, 2.24) is 24.8 Å². The van der Waals surface area contributed by atoms with Crippen molar-refractivity contribution in [1.29, 1.82) is 0 Å². The summed E-state index contributed by atoms with van der Waals surface area (Å²) in [5, 5.41) is 7.62. The van der Waals surface area contributed by atoms with E-state index in [0.717, 1.165) is 47.8 Å². The number of hydrogen-bond donors (Lipinski definition) is 2. The first-order valence-corrected chi connectivity index (χ1v) is 13.0. The van der Waals surface area contributed by atoms with Crippen LogP contribution in [0.5, 0.6) is 0 Å². The number of thiazole rings is 1. The van der Waals surface area contributed by atoms with Gasteiger partial charge in [0, 0.05) is 31.7 Å². The van der Waals surface area contributed by atoms with Crippen molar-refractivity contribution in [3.63, 3.8) is 0 Å². The average Bonchev–Trinajstić information content (AvgIpc) is 3.06. The number of piperidine rings is 1. The molecule has 13 heteroatoms. The van der Waals surface area contributed by atoms with Crippen LogP contribution in [0.1, 0.15) is 47.9 Å². The van der Waals surface area contributed by atoms with Crippen molar-refractivity contribution >= 4 is 34.0 Å². The van der Waals surface area contributed by atoms with E-state index in [9.17, 15) is 18.0 Å². The topological polar surface area (TPSA) is 95.5 Å². The van der Waals surface area contributed by atoms with Crippen molar-refractivity contribution in [2.75, 3.05) is 63.6 Å². The van der Waals surface area contributed by atoms with E-state index < -0.39 is 11.7 Å². The molecule has 1 amide bonds. The van der Waals surface area contributed by atoms with Gasteiger partial charge in [0.15, 0.2) is 0 Å². The number of rotatable bonds is 8. The molecule has 2 aromatic rings. The van der Waals surface area contributed by atoms with Crippen LogP contribution in [0, 0.1) is 6.92 Å². The second-order valence-corrected chi connectivity index (χ2v) is 10.2. The third-order valence-electron chi connectivity index (χ3n) is 6.42. The molecule has 2 aliphatic rings. The fourth-order valence-electron chi connectivity index (χ4n) is 4.28. The largest absolute Gasteiger partial charge is 0.421 e. The minimum atomic E-state index is -4.60. The highest BCUT2D eigenvalue weighted by Crippen LogP contribution is 2.37. The van der Waals surface area contributed by atoms with Crippen molar-refractivity contribution in [2.45, 2.75) is 44.7 Å². The quantitative estimate of drug-likeness (QED) is 0.500. The van der Waals surface area contributed by atoms with Crippen LogP contribution in [0.3, 0.4) is 0 Å². The molecule has 0 saturated carbocycles. The highest BCUT2D eigenvalue weighted by molar-refractivity contribution is 7.16. The fraction of sp³-hybridized carbons (Fsp3) is 0.652. The number of halogens is 3. The van der Waals surface area contributed by atoms with E-state index in [1.165, 1.54) is 11.3 Å². The molecule has 0 spiro atoms. The molecule has 0 atom stereocenters. The summed E-state index contributed by atoms with van der Waals surface area (Å²) in [4.78, 5) is 28.8. The highest BCUT2D eigenvalue weighted by atomic mass is 32.1. The van der Waals surface area contributed by atoms with Crippen LogP contribution in [0.2, 0.25) is 0 Å². The number of aromatic nitrogens is 3. The van der Waals surface area contributed by atoms with E-state index in [1.807, 2.05) is 6.92 Å². The first-order chi connectivity index (χ1) is 17.2. The summed E-state index contributed by atoms with van der Waals surface area (Å²) in [6.07, 6.45) is -0.942. The number of hydrogen-bond acceptors (Lipinski definition) is 9. The van der Waals surface area contributed by atoms with E-state index in [0.29, 0.717) is 45.1 Å². The van der Waals surface area contributed by atoms with Crippen molar-refractivity contribution < 1.29 is 22.7 Å². The molecule has 4 heterocycles. The minimum absolute atomic E-state index is 0.00320. The van der Waals surface area contributed by atoms with E-state index in [-0.39, 0.29) is 24.2 Å². The third-order valence-corrected chi connectivity index (χ3v) is 7.65. The Hall–Kier alpha value is -2.51. The molecule has 0 radical (unpaired) electrons. The van der Waals surface area contributed by atoms with Gasteiger partial charge in [0.1, 0.15) is 16.4 Å². The Bertz CT molecular complexity index is 1040. The number of amides is 1. The fourth-order valence-corrected chi connectivity index (χ4v) is 5.41. The van der Waals surface area contributed by atoms with E-state index in [1.54, 1.807) is 4.90 Å². The number of aryl methyl sites for hydroxylation is 1. The molecular weight excluding hydrogens is 495 g/mol. The monoisotopic (exact) mass is 527 g/mol. The van der Waals surface area contributed by atoms with Crippen LogP contribution in [0.4, 0.5) is 29.9 Å². The Balaban J connectivity index is 1.41. The number of likely N-dealkylation sites (tertiary alicyclic amines) is 1. The lowest BCUT2D eigenvalue weighted by molar-refractivity contribution is -0.137. The summed E-state index contributed by atoms with van der Waals surface area (Å²) in [5.41, 5.74) is -0.154. The molecule has 36 heavy (non-hydrogen) atoms. The number of alkyl halides is 3. The molecule has 0 unspecified atom stereocenters. The molecular formula is C23H32F3N7O2S. The number of nitrogens with one attached hydrogen (secondary N) is 2. The predicted octanol–water partition coefficient (Wildman–Crippen LogP) is 3.86. The van der Waals surface area contributed by atoms with Crippen LogP contribution in [0.15, 0.2) is 6.20 Å². The zero-order valence-corrected chi connectivity index (χ0v) is 21.3. The van der Waals surface area contributed by atoms with Gasteiger partial charge >= 0.3 is 6.18 Å². The first kappa shape index (κ1) is 26.6. The molecule has 0 aliphatic carbocycles. The van der Waals surface area contributed by atoms with Crippen molar-refractivity contribution in [3.05, 3.63) is 22.5 Å². The van der Waals surface area contributed by atoms with Gasteiger partial charge in [-0.25, -0.2) is 9.97 Å². The Morgan fingerprint density at radius 3 is 2.72 bits per heavy atom. The van der Waals surface area contributed by atoms with Crippen LogP contribution in [-0.2, 0) is 15.7 Å². The van der Waals surface area contributed by atoms with Gasteiger partial charge in [0.05, 0.1) is 30.3 Å². The molecule has 4 rings (SSSR count). The molecule has 2 N–H and O–H groups in total. The third kappa shape index (κ3) is 6.83. The maximum atomic E-state index is 13.6. The molecule has 0 bridgehead atoms. The highest BCUT2D eigenvalue weighted by Gasteiger charge is 2.35. The lowest BCUT2D eigenvalue weighted by Gasteiger charge is -2.27. The Kier molecular flexibility index (Phi) is 8.62. The Labute approximate surface area is 212 Å². The van der Waals surface area contributed by atoms with Gasteiger partial charge in [0.25, 0.3) is 0 Å². The number of ether oxygens (including phenoxy) is 1. The van der Waals surface area contributed by atoms with E-state index >= 15 is 0 Å². The van der Waals surface area contributed by atoms with E-state index in [2.05, 4.69) is 32.5 Å². The molecule has 2 saturated heterocycles. The van der Waals surface area contributed by atoms with Crippen molar-refractivity contribution in [2.24, 2.45) is 0 Å². The molecule has 2 aromatic heterocycles. The zero-order valence-electron chi connectivity index (χ0n) is 20.5. The van der Waals surface area contributed by atoms with Crippen LogP contribution in [0.25, 0.3) is 0 Å². The van der Waals surface area contributed by atoms with Gasteiger partial charge in [-0.05, 0) is 46.3 Å². The van der Waals surface area contributed by atoms with Gasteiger partial charge in [-0.2, -0.15) is 18.2 Å². The summed E-state index contributed by atoms with van der Waals surface area (Å²) in [5.74, 6) is 0.167. The summed E-state index contributed by atoms with van der Waals surface area (Å²) in [6, 6.07) is 0. The van der Waals surface area contributed by atoms with Gasteiger partial charge in [-0.3, -0.25) is 4.79 Å². The zero-order chi connectivity index (χ0) is 25.7.